The summed E-state index contributed by atoms with van der Waals surface area (Å²) in [5.74, 6) is -0.151. The molecule has 2 unspecified atom stereocenters. The molecule has 9 heteroatoms. The third-order valence-corrected chi connectivity index (χ3v) is 6.24. The van der Waals surface area contributed by atoms with Crippen molar-refractivity contribution in [1.82, 2.24) is 24.5 Å². The highest BCUT2D eigenvalue weighted by molar-refractivity contribution is 5.94. The summed E-state index contributed by atoms with van der Waals surface area (Å²) in [6.07, 6.45) is 6.93. The van der Waals surface area contributed by atoms with Gasteiger partial charge in [0.05, 0.1) is 17.3 Å². The third kappa shape index (κ3) is 3.63. The van der Waals surface area contributed by atoms with Crippen molar-refractivity contribution in [2.75, 3.05) is 24.5 Å². The van der Waals surface area contributed by atoms with Crippen molar-refractivity contribution in [3.05, 3.63) is 53.4 Å². The van der Waals surface area contributed by atoms with Gasteiger partial charge in [0.1, 0.15) is 5.82 Å². The molecule has 31 heavy (non-hydrogen) atoms. The zero-order chi connectivity index (χ0) is 21.5. The molecule has 162 valence electrons. The molecule has 5 rings (SSSR count). The number of carbonyl (C=O) groups excluding carboxylic acids is 1. The predicted molar refractivity (Wildman–Crippen MR) is 114 cm³/mol. The Labute approximate surface area is 179 Å². The highest BCUT2D eigenvalue weighted by Gasteiger charge is 2.32. The molecule has 2 N–H and O–H groups in total. The Kier molecular flexibility index (Phi) is 5.05. The van der Waals surface area contributed by atoms with Gasteiger partial charge < -0.3 is 15.5 Å². The molecule has 0 saturated carbocycles. The first-order valence-corrected chi connectivity index (χ1v) is 10.8. The van der Waals surface area contributed by atoms with Crippen LogP contribution in [0.1, 0.15) is 53.3 Å². The fourth-order valence-corrected chi connectivity index (χ4v) is 4.66. The maximum Gasteiger partial charge on any atom is 0.259 e. The van der Waals surface area contributed by atoms with E-state index in [9.17, 15) is 9.18 Å². The Balaban J connectivity index is 1.48. The number of hydrogen-bond acceptors (Lipinski definition) is 6. The van der Waals surface area contributed by atoms with Gasteiger partial charge in [-0.05, 0) is 44.7 Å². The quantitative estimate of drug-likeness (QED) is 0.651. The maximum absolute atomic E-state index is 14.2. The van der Waals surface area contributed by atoms with E-state index < -0.39 is 5.95 Å². The molecule has 0 bridgehead atoms. The summed E-state index contributed by atoms with van der Waals surface area (Å²) >= 11 is 0. The molecule has 0 aromatic carbocycles. The Bertz CT molecular complexity index is 1130. The number of amides is 1. The van der Waals surface area contributed by atoms with Crippen LogP contribution in [-0.4, -0.2) is 56.1 Å². The number of nitrogens with zero attached hydrogens (tertiary/aromatic N) is 6. The van der Waals surface area contributed by atoms with Crippen LogP contribution in [0.3, 0.4) is 0 Å². The van der Waals surface area contributed by atoms with Gasteiger partial charge in [-0.15, -0.1) is 0 Å². The van der Waals surface area contributed by atoms with Crippen molar-refractivity contribution in [3.8, 4) is 0 Å². The number of anilines is 1. The Morgan fingerprint density at radius 3 is 2.90 bits per heavy atom. The topological polar surface area (TPSA) is 92.6 Å². The zero-order valence-corrected chi connectivity index (χ0v) is 17.5. The largest absolute Gasteiger partial charge is 0.355 e. The van der Waals surface area contributed by atoms with Crippen LogP contribution in [-0.2, 0) is 0 Å². The standard InChI is InChI=1S/C22H26FN7O/c1-14-12-30-19(26-21(14)28-10-7-15(24)13-28)11-17(27-30)18-6-2-3-9-29(18)22(31)16-5-4-8-25-20(16)23/h4-5,8,11-12,15,18H,2-3,6-7,9-10,13,24H2,1H3. The molecule has 2 aliphatic rings. The van der Waals surface area contributed by atoms with Crippen molar-refractivity contribution in [3.63, 3.8) is 0 Å². The molecule has 3 aromatic heterocycles. The highest BCUT2D eigenvalue weighted by Crippen LogP contribution is 2.33. The van der Waals surface area contributed by atoms with E-state index in [1.165, 1.54) is 12.3 Å². The van der Waals surface area contributed by atoms with Gasteiger partial charge in [0.25, 0.3) is 5.91 Å². The van der Waals surface area contributed by atoms with E-state index in [0.717, 1.165) is 61.5 Å². The van der Waals surface area contributed by atoms with Crippen LogP contribution in [0.15, 0.2) is 30.6 Å². The first-order valence-electron chi connectivity index (χ1n) is 10.8. The molecule has 2 saturated heterocycles. The predicted octanol–water partition coefficient (Wildman–Crippen LogP) is 2.48. The highest BCUT2D eigenvalue weighted by atomic mass is 19.1. The number of rotatable bonds is 3. The molecule has 8 nitrogen and oxygen atoms in total. The monoisotopic (exact) mass is 423 g/mol. The second kappa shape index (κ2) is 7.88. The van der Waals surface area contributed by atoms with Crippen LogP contribution < -0.4 is 10.6 Å². The number of piperidine rings is 1. The summed E-state index contributed by atoms with van der Waals surface area (Å²) in [6.45, 7) is 4.28. The van der Waals surface area contributed by atoms with E-state index in [1.54, 1.807) is 15.5 Å². The number of aromatic nitrogens is 4. The number of carbonyl (C=O) groups is 1. The first kappa shape index (κ1) is 19.9. The summed E-state index contributed by atoms with van der Waals surface area (Å²) in [6, 6.07) is 4.96. The lowest BCUT2D eigenvalue weighted by Gasteiger charge is -2.34. The number of likely N-dealkylation sites (tertiary alicyclic amines) is 1. The van der Waals surface area contributed by atoms with Gasteiger partial charge in [-0.2, -0.15) is 9.49 Å². The van der Waals surface area contributed by atoms with Crippen LogP contribution in [0.4, 0.5) is 10.2 Å². The number of hydrogen-bond donors (Lipinski definition) is 1. The molecule has 2 fully saturated rings. The van der Waals surface area contributed by atoms with E-state index >= 15 is 0 Å². The van der Waals surface area contributed by atoms with Crippen LogP contribution >= 0.6 is 0 Å². The van der Waals surface area contributed by atoms with Crippen LogP contribution in [0, 0.1) is 12.9 Å². The van der Waals surface area contributed by atoms with Gasteiger partial charge in [0.2, 0.25) is 5.95 Å². The number of halogens is 1. The van der Waals surface area contributed by atoms with E-state index in [4.69, 9.17) is 15.8 Å². The molecule has 0 spiro atoms. The number of nitrogens with two attached hydrogens (primary N) is 1. The van der Waals surface area contributed by atoms with Gasteiger partial charge >= 0.3 is 0 Å². The fourth-order valence-electron chi connectivity index (χ4n) is 4.66. The molecular formula is C22H26FN7O. The van der Waals surface area contributed by atoms with Gasteiger partial charge in [-0.3, -0.25) is 4.79 Å². The average Bonchev–Trinajstić information content (AvgIpc) is 3.38. The second-order valence-corrected chi connectivity index (χ2v) is 8.47. The van der Waals surface area contributed by atoms with Crippen LogP contribution in [0.2, 0.25) is 0 Å². The van der Waals surface area contributed by atoms with E-state index in [1.807, 2.05) is 19.2 Å². The molecule has 0 aliphatic carbocycles. The van der Waals surface area contributed by atoms with E-state index in [0.29, 0.717) is 6.54 Å². The lowest BCUT2D eigenvalue weighted by atomic mass is 9.98. The van der Waals surface area contributed by atoms with Crippen LogP contribution in [0.5, 0.6) is 0 Å². The smallest absolute Gasteiger partial charge is 0.259 e. The lowest BCUT2D eigenvalue weighted by molar-refractivity contribution is 0.0600. The fraction of sp³-hybridized carbons (Fsp3) is 0.455. The number of pyridine rings is 1. The average molecular weight is 423 g/mol. The SMILES string of the molecule is Cc1cn2nc(C3CCCCN3C(=O)c3cccnc3F)cc2nc1N1CCC(N)C1. The molecule has 5 heterocycles. The Hall–Kier alpha value is -3.07. The normalized spacial score (nSPS) is 21.8. The van der Waals surface area contributed by atoms with Gasteiger partial charge in [0.15, 0.2) is 5.65 Å². The maximum atomic E-state index is 14.2. The minimum Gasteiger partial charge on any atom is -0.355 e. The Morgan fingerprint density at radius 2 is 2.13 bits per heavy atom. The number of fused-ring (bicyclic) bond motifs is 1. The van der Waals surface area contributed by atoms with Crippen LogP contribution in [0.25, 0.3) is 5.65 Å². The molecular weight excluding hydrogens is 397 g/mol. The summed E-state index contributed by atoms with van der Waals surface area (Å²) in [4.78, 5) is 25.5. The molecule has 0 radical (unpaired) electrons. The van der Waals surface area contributed by atoms with Gasteiger partial charge in [0, 0.05) is 49.7 Å². The zero-order valence-electron chi connectivity index (χ0n) is 17.5. The van der Waals surface area contributed by atoms with E-state index in [-0.39, 0.29) is 23.6 Å². The van der Waals surface area contributed by atoms with Crippen molar-refractivity contribution in [1.29, 1.82) is 0 Å². The number of aryl methyl sites for hydroxylation is 1. The minimum atomic E-state index is -0.738. The van der Waals surface area contributed by atoms with Gasteiger partial charge in [-0.25, -0.2) is 14.5 Å². The van der Waals surface area contributed by atoms with Gasteiger partial charge in [-0.1, -0.05) is 0 Å². The first-order chi connectivity index (χ1) is 15.0. The summed E-state index contributed by atoms with van der Waals surface area (Å²) in [5, 5.41) is 4.74. The summed E-state index contributed by atoms with van der Waals surface area (Å²) < 4.78 is 15.9. The summed E-state index contributed by atoms with van der Waals surface area (Å²) in [7, 11) is 0. The minimum absolute atomic E-state index is 0.000193. The lowest BCUT2D eigenvalue weighted by Crippen LogP contribution is -2.39. The van der Waals surface area contributed by atoms with E-state index in [2.05, 4.69) is 9.88 Å². The molecule has 2 atom stereocenters. The third-order valence-electron chi connectivity index (χ3n) is 6.24. The Morgan fingerprint density at radius 1 is 1.26 bits per heavy atom. The molecule has 3 aromatic rings. The van der Waals surface area contributed by atoms with Crippen molar-refractivity contribution >= 4 is 17.4 Å². The summed E-state index contributed by atoms with van der Waals surface area (Å²) in [5.41, 5.74) is 8.62. The van der Waals surface area contributed by atoms with Crippen molar-refractivity contribution in [2.24, 2.45) is 5.73 Å². The van der Waals surface area contributed by atoms with Crippen molar-refractivity contribution in [2.45, 2.75) is 44.7 Å². The molecule has 1 amide bonds. The van der Waals surface area contributed by atoms with Crippen molar-refractivity contribution < 1.29 is 9.18 Å². The molecule has 2 aliphatic heterocycles. The second-order valence-electron chi connectivity index (χ2n) is 8.47.